The van der Waals surface area contributed by atoms with E-state index in [0.717, 1.165) is 17.0 Å². The Balaban J connectivity index is 2.40. The van der Waals surface area contributed by atoms with Crippen molar-refractivity contribution in [1.82, 2.24) is 4.90 Å². The van der Waals surface area contributed by atoms with Crippen LogP contribution in [0.3, 0.4) is 0 Å². The fourth-order valence-electron chi connectivity index (χ4n) is 3.28. The van der Waals surface area contributed by atoms with E-state index in [0.29, 0.717) is 0 Å². The van der Waals surface area contributed by atoms with Crippen LogP contribution in [0.1, 0.15) is 46.3 Å². The van der Waals surface area contributed by atoms with Crippen LogP contribution >= 0.6 is 0 Å². The van der Waals surface area contributed by atoms with Crippen LogP contribution in [0.25, 0.3) is 0 Å². The quantitative estimate of drug-likeness (QED) is 0.549. The van der Waals surface area contributed by atoms with E-state index in [2.05, 4.69) is 4.36 Å². The number of ether oxygens (including phenoxy) is 2. The first-order chi connectivity index (χ1) is 14.9. The first-order valence-electron chi connectivity index (χ1n) is 9.73. The second kappa shape index (κ2) is 9.16. The molecule has 0 spiro atoms. The highest BCUT2D eigenvalue weighted by Gasteiger charge is 2.52. The summed E-state index contributed by atoms with van der Waals surface area (Å²) in [5.41, 5.74) is -1.84. The predicted octanol–water partition coefficient (Wildman–Crippen LogP) is 4.91. The van der Waals surface area contributed by atoms with Gasteiger partial charge in [-0.3, -0.25) is 9.69 Å². The summed E-state index contributed by atoms with van der Waals surface area (Å²) in [7, 11) is -4.33. The lowest BCUT2D eigenvalue weighted by Crippen LogP contribution is -2.50. The average Bonchev–Trinajstić information content (AvgIpc) is 2.96. The molecule has 1 aromatic carbocycles. The lowest BCUT2D eigenvalue weighted by Gasteiger charge is -2.34. The first-order valence-corrected chi connectivity index (χ1v) is 11.4. The molecule has 13 heteroatoms. The Morgan fingerprint density at radius 1 is 1.15 bits per heavy atom. The Morgan fingerprint density at radius 3 is 2.12 bits per heavy atom. The van der Waals surface area contributed by atoms with Crippen LogP contribution in [0.4, 0.5) is 26.7 Å². The fraction of sp³-hybridized carbons (Fsp3) is 0.600. The number of halogens is 5. The molecule has 2 amide bonds. The van der Waals surface area contributed by atoms with Crippen molar-refractivity contribution in [2.24, 2.45) is 4.36 Å². The molecular formula is C20H25F5N2O5S. The van der Waals surface area contributed by atoms with Crippen LogP contribution in [0.15, 0.2) is 33.5 Å². The van der Waals surface area contributed by atoms with Gasteiger partial charge in [0.25, 0.3) is 0 Å². The zero-order valence-corrected chi connectivity index (χ0v) is 19.4. The Labute approximate surface area is 188 Å². The topological polar surface area (TPSA) is 85.3 Å². The van der Waals surface area contributed by atoms with Crippen LogP contribution in [-0.2, 0) is 24.0 Å². The van der Waals surface area contributed by atoms with Crippen molar-refractivity contribution in [1.29, 1.82) is 0 Å². The molecule has 33 heavy (non-hydrogen) atoms. The summed E-state index contributed by atoms with van der Waals surface area (Å²) in [6.45, 7) is 6.99. The maximum absolute atomic E-state index is 14.0. The maximum Gasteiger partial charge on any atom is 0.474 e. The van der Waals surface area contributed by atoms with E-state index >= 15 is 0 Å². The zero-order chi connectivity index (χ0) is 25.4. The van der Waals surface area contributed by atoms with Gasteiger partial charge in [-0.1, -0.05) is 12.1 Å². The van der Waals surface area contributed by atoms with Crippen LogP contribution in [0, 0.1) is 0 Å². The summed E-state index contributed by atoms with van der Waals surface area (Å²) in [5, 5.41) is 0. The minimum absolute atomic E-state index is 0.281. The Hall–Kier alpha value is -2.28. The van der Waals surface area contributed by atoms with Gasteiger partial charge in [0, 0.05) is 0 Å². The predicted molar refractivity (Wildman–Crippen MR) is 108 cm³/mol. The summed E-state index contributed by atoms with van der Waals surface area (Å²) in [6, 6.07) is 1.59. The number of alkyl halides is 5. The molecule has 186 valence electrons. The number of amides is 2. The minimum atomic E-state index is -5.40. The highest BCUT2D eigenvalue weighted by Crippen LogP contribution is 2.42. The molecule has 1 heterocycles. The number of hydrogen-bond acceptors (Lipinski definition) is 5. The molecule has 1 aliphatic heterocycles. The summed E-state index contributed by atoms with van der Waals surface area (Å²) in [5.74, 6) is -2.67. The van der Waals surface area contributed by atoms with E-state index in [1.807, 2.05) is 0 Å². The van der Waals surface area contributed by atoms with Crippen molar-refractivity contribution < 1.29 is 45.2 Å². The Morgan fingerprint density at radius 2 is 1.70 bits per heavy atom. The van der Waals surface area contributed by atoms with Gasteiger partial charge in [0.05, 0.1) is 10.9 Å². The SMILES string of the molecule is CC(C)(C)OC(=O)N1[C@@H](CF)[C@@H](c2ccc(S(=O)(CF)=NC(=O)C(F)(F)F)cc2)OC1(C)C. The lowest BCUT2D eigenvalue weighted by molar-refractivity contribution is -0.169. The number of rotatable bonds is 4. The summed E-state index contributed by atoms with van der Waals surface area (Å²) >= 11 is 0. The molecule has 1 aromatic rings. The average molecular weight is 500 g/mol. The molecule has 1 unspecified atom stereocenters. The normalized spacial score (nSPS) is 22.5. The molecule has 0 radical (unpaired) electrons. The summed E-state index contributed by atoms with van der Waals surface area (Å²) in [6.07, 6.45) is -7.22. The largest absolute Gasteiger partial charge is 0.474 e. The second-order valence-electron chi connectivity index (χ2n) is 8.77. The van der Waals surface area contributed by atoms with Crippen molar-refractivity contribution in [3.63, 3.8) is 0 Å². The van der Waals surface area contributed by atoms with E-state index in [1.54, 1.807) is 20.8 Å². The molecule has 0 N–H and O–H groups in total. The zero-order valence-electron chi connectivity index (χ0n) is 18.6. The van der Waals surface area contributed by atoms with Crippen molar-refractivity contribution >= 4 is 21.7 Å². The van der Waals surface area contributed by atoms with E-state index in [-0.39, 0.29) is 5.56 Å². The van der Waals surface area contributed by atoms with Crippen LogP contribution < -0.4 is 0 Å². The fourth-order valence-corrected chi connectivity index (χ4v) is 4.50. The van der Waals surface area contributed by atoms with Gasteiger partial charge < -0.3 is 9.47 Å². The molecular weight excluding hydrogens is 475 g/mol. The third kappa shape index (κ3) is 5.99. The van der Waals surface area contributed by atoms with Gasteiger partial charge in [0.15, 0.2) is 6.01 Å². The van der Waals surface area contributed by atoms with Gasteiger partial charge in [0.1, 0.15) is 33.8 Å². The van der Waals surface area contributed by atoms with Gasteiger partial charge in [0.2, 0.25) is 0 Å². The Kier molecular flexibility index (Phi) is 7.49. The molecule has 2 rings (SSSR count). The molecule has 1 fully saturated rings. The third-order valence-electron chi connectivity index (χ3n) is 4.62. The molecule has 0 aliphatic carbocycles. The van der Waals surface area contributed by atoms with Crippen molar-refractivity contribution in [2.45, 2.75) is 69.2 Å². The van der Waals surface area contributed by atoms with Crippen molar-refractivity contribution in [3.8, 4) is 0 Å². The number of carbonyl (C=O) groups excluding carboxylic acids is 2. The molecule has 0 bridgehead atoms. The van der Waals surface area contributed by atoms with Crippen molar-refractivity contribution in [3.05, 3.63) is 29.8 Å². The number of hydrogen-bond donors (Lipinski definition) is 0. The number of nitrogens with zero attached hydrogens (tertiary/aromatic N) is 2. The molecule has 0 aromatic heterocycles. The van der Waals surface area contributed by atoms with Gasteiger partial charge in [-0.2, -0.15) is 13.2 Å². The maximum atomic E-state index is 14.0. The molecule has 0 saturated carbocycles. The molecule has 1 saturated heterocycles. The minimum Gasteiger partial charge on any atom is -0.444 e. The summed E-state index contributed by atoms with van der Waals surface area (Å²) in [4.78, 5) is 24.4. The van der Waals surface area contributed by atoms with Gasteiger partial charge in [-0.15, -0.1) is 4.36 Å². The molecule has 1 aliphatic rings. The monoisotopic (exact) mass is 500 g/mol. The third-order valence-corrected chi connectivity index (χ3v) is 6.39. The summed E-state index contributed by atoms with van der Waals surface area (Å²) < 4.78 is 91.1. The van der Waals surface area contributed by atoms with Gasteiger partial charge in [-0.05, 0) is 52.3 Å². The van der Waals surface area contributed by atoms with Gasteiger partial charge in [-0.25, -0.2) is 17.8 Å². The van der Waals surface area contributed by atoms with E-state index in [1.165, 1.54) is 26.0 Å². The van der Waals surface area contributed by atoms with E-state index in [4.69, 9.17) is 9.47 Å². The molecule has 7 nitrogen and oxygen atoms in total. The first kappa shape index (κ1) is 27.0. The molecule has 3 atom stereocenters. The van der Waals surface area contributed by atoms with Gasteiger partial charge >= 0.3 is 18.2 Å². The number of carbonyl (C=O) groups is 2. The Bertz CT molecular complexity index is 1010. The van der Waals surface area contributed by atoms with Crippen LogP contribution in [-0.4, -0.2) is 57.3 Å². The van der Waals surface area contributed by atoms with Crippen LogP contribution in [0.5, 0.6) is 0 Å². The second-order valence-corrected chi connectivity index (χ2v) is 10.9. The highest BCUT2D eigenvalue weighted by atomic mass is 32.2. The smallest absolute Gasteiger partial charge is 0.444 e. The standard InChI is InChI=1S/C20H25F5N2O5S/c1-18(2,3)32-17(29)27-14(10-21)15(31-19(27,4)5)12-6-8-13(9-7-12)33(30,11-22)26-16(28)20(23,24)25/h6-9,14-15H,10-11H2,1-5H3/t14-,15+,33?/m0/s1. The van der Waals surface area contributed by atoms with E-state index in [9.17, 15) is 35.8 Å². The van der Waals surface area contributed by atoms with E-state index < -0.39 is 69.0 Å². The van der Waals surface area contributed by atoms with Crippen LogP contribution in [0.2, 0.25) is 0 Å². The lowest BCUT2D eigenvalue weighted by atomic mass is 10.0. The highest BCUT2D eigenvalue weighted by molar-refractivity contribution is 7.93. The van der Waals surface area contributed by atoms with Crippen molar-refractivity contribution in [2.75, 3.05) is 12.7 Å². The number of benzene rings is 1.